The highest BCUT2D eigenvalue weighted by Gasteiger charge is 2.16. The topological polar surface area (TPSA) is 67.8 Å². The Morgan fingerprint density at radius 1 is 1.15 bits per heavy atom. The maximum absolute atomic E-state index is 6.29. The van der Waals surface area contributed by atoms with Crippen LogP contribution in [0.15, 0.2) is 35.5 Å². The van der Waals surface area contributed by atoms with E-state index in [0.717, 1.165) is 36.6 Å². The molecule has 1 aromatic carbocycles. The van der Waals surface area contributed by atoms with Crippen LogP contribution in [0.25, 0.3) is 0 Å². The molecule has 2 heterocycles. The lowest BCUT2D eigenvalue weighted by atomic mass is 10.2. The Labute approximate surface area is 168 Å². The van der Waals surface area contributed by atoms with Crippen molar-refractivity contribution in [1.82, 2.24) is 15.6 Å². The van der Waals surface area contributed by atoms with Crippen molar-refractivity contribution in [3.8, 4) is 11.5 Å². The smallest absolute Gasteiger partial charge is 0.191 e. The summed E-state index contributed by atoms with van der Waals surface area (Å²) in [7, 11) is 0. The normalized spacial score (nSPS) is 13.4. The minimum absolute atomic E-state index is 0.480. The first-order chi connectivity index (χ1) is 13.2. The van der Waals surface area contributed by atoms with E-state index >= 15 is 0 Å². The van der Waals surface area contributed by atoms with Gasteiger partial charge in [-0.1, -0.05) is 29.3 Å². The number of guanidine groups is 1. The van der Waals surface area contributed by atoms with Gasteiger partial charge < -0.3 is 20.1 Å². The minimum atomic E-state index is 0.480. The molecule has 0 saturated heterocycles. The van der Waals surface area contributed by atoms with Crippen LogP contribution in [0.3, 0.4) is 0 Å². The van der Waals surface area contributed by atoms with Crippen molar-refractivity contribution < 1.29 is 9.47 Å². The number of nitrogens with one attached hydrogen (secondary N) is 2. The Bertz CT molecular complexity index is 797. The molecule has 3 rings (SSSR count). The van der Waals surface area contributed by atoms with E-state index < -0.39 is 0 Å². The van der Waals surface area contributed by atoms with Crippen molar-refractivity contribution in [2.75, 3.05) is 26.3 Å². The molecule has 144 valence electrons. The summed E-state index contributed by atoms with van der Waals surface area (Å²) in [6.45, 7) is 5.06. The Morgan fingerprint density at radius 3 is 2.78 bits per heavy atom. The Balaban J connectivity index is 1.60. The largest absolute Gasteiger partial charge is 0.486 e. The third kappa shape index (κ3) is 5.65. The van der Waals surface area contributed by atoms with Crippen LogP contribution >= 0.6 is 23.2 Å². The van der Waals surface area contributed by atoms with Crippen LogP contribution in [-0.2, 0) is 13.0 Å². The molecule has 6 nitrogen and oxygen atoms in total. The Hall–Kier alpha value is -2.18. The first-order valence-corrected chi connectivity index (χ1v) is 9.62. The minimum Gasteiger partial charge on any atom is -0.486 e. The second-order valence-electron chi connectivity index (χ2n) is 5.96. The predicted octanol–water partition coefficient (Wildman–Crippen LogP) is 3.46. The van der Waals surface area contributed by atoms with Crippen LogP contribution in [0.1, 0.15) is 18.1 Å². The molecule has 0 unspecified atom stereocenters. The van der Waals surface area contributed by atoms with Gasteiger partial charge in [0.25, 0.3) is 0 Å². The molecule has 2 aromatic rings. The average Bonchev–Trinajstić information content (AvgIpc) is 2.68. The van der Waals surface area contributed by atoms with Crippen molar-refractivity contribution in [3.63, 3.8) is 0 Å². The number of hydrogen-bond acceptors (Lipinski definition) is 4. The summed E-state index contributed by atoms with van der Waals surface area (Å²) in [5.41, 5.74) is 2.07. The van der Waals surface area contributed by atoms with Crippen LogP contribution in [0.2, 0.25) is 10.2 Å². The molecule has 0 atom stereocenters. The number of benzene rings is 1. The van der Waals surface area contributed by atoms with E-state index in [-0.39, 0.29) is 0 Å². The van der Waals surface area contributed by atoms with Gasteiger partial charge in [-0.3, -0.25) is 0 Å². The third-order valence-electron chi connectivity index (χ3n) is 3.92. The molecular weight excluding hydrogens is 387 g/mol. The number of pyridine rings is 1. The van der Waals surface area contributed by atoms with E-state index in [4.69, 9.17) is 32.7 Å². The summed E-state index contributed by atoms with van der Waals surface area (Å²) in [5, 5.41) is 7.61. The van der Waals surface area contributed by atoms with Gasteiger partial charge in [-0.2, -0.15) is 0 Å². The monoisotopic (exact) mass is 408 g/mol. The van der Waals surface area contributed by atoms with E-state index in [1.165, 1.54) is 0 Å². The maximum Gasteiger partial charge on any atom is 0.191 e. The fraction of sp³-hybridized carbons (Fsp3) is 0.368. The molecule has 0 radical (unpaired) electrons. The molecule has 1 aliphatic rings. The molecule has 0 amide bonds. The lowest BCUT2D eigenvalue weighted by Crippen LogP contribution is -2.38. The zero-order valence-corrected chi connectivity index (χ0v) is 16.6. The Morgan fingerprint density at radius 2 is 2.00 bits per heavy atom. The summed E-state index contributed by atoms with van der Waals surface area (Å²) in [6.07, 6.45) is 2.61. The van der Waals surface area contributed by atoms with E-state index in [9.17, 15) is 0 Å². The van der Waals surface area contributed by atoms with Gasteiger partial charge in [0.2, 0.25) is 0 Å². The molecule has 8 heteroatoms. The summed E-state index contributed by atoms with van der Waals surface area (Å²) in [4.78, 5) is 8.71. The molecule has 0 saturated carbocycles. The molecule has 27 heavy (non-hydrogen) atoms. The fourth-order valence-electron chi connectivity index (χ4n) is 2.65. The third-order valence-corrected chi connectivity index (χ3v) is 4.42. The summed E-state index contributed by atoms with van der Waals surface area (Å²) in [6, 6.07) is 7.55. The van der Waals surface area contributed by atoms with Crippen molar-refractivity contribution in [2.45, 2.75) is 19.9 Å². The van der Waals surface area contributed by atoms with Crippen molar-refractivity contribution in [1.29, 1.82) is 0 Å². The number of halogens is 2. The van der Waals surface area contributed by atoms with Gasteiger partial charge in [-0.05, 0) is 42.7 Å². The van der Waals surface area contributed by atoms with E-state index in [0.29, 0.717) is 41.4 Å². The van der Waals surface area contributed by atoms with Crippen LogP contribution in [0.5, 0.6) is 11.5 Å². The second-order valence-corrected chi connectivity index (χ2v) is 6.76. The quantitative estimate of drug-likeness (QED) is 0.435. The van der Waals surface area contributed by atoms with Gasteiger partial charge in [0.15, 0.2) is 17.5 Å². The Kier molecular flexibility index (Phi) is 7.01. The fourth-order valence-corrected chi connectivity index (χ4v) is 3.05. The number of hydrogen-bond donors (Lipinski definition) is 2. The van der Waals surface area contributed by atoms with Gasteiger partial charge in [0.05, 0.1) is 11.6 Å². The molecule has 1 aliphatic heterocycles. The molecule has 0 bridgehead atoms. The van der Waals surface area contributed by atoms with Gasteiger partial charge in [-0.25, -0.2) is 9.98 Å². The number of aromatic nitrogens is 1. The molecule has 2 N–H and O–H groups in total. The molecule has 1 aromatic heterocycles. The van der Waals surface area contributed by atoms with Crippen LogP contribution in [-0.4, -0.2) is 37.2 Å². The van der Waals surface area contributed by atoms with Crippen LogP contribution < -0.4 is 20.1 Å². The first-order valence-electron chi connectivity index (χ1n) is 8.86. The van der Waals surface area contributed by atoms with Crippen molar-refractivity contribution in [3.05, 3.63) is 51.8 Å². The summed E-state index contributed by atoms with van der Waals surface area (Å²) < 4.78 is 11.2. The number of ether oxygens (including phenoxy) is 2. The molecule has 0 aliphatic carbocycles. The van der Waals surface area contributed by atoms with Crippen molar-refractivity contribution >= 4 is 29.2 Å². The van der Waals surface area contributed by atoms with Gasteiger partial charge in [0.1, 0.15) is 18.4 Å². The van der Waals surface area contributed by atoms with Crippen molar-refractivity contribution in [2.24, 2.45) is 4.99 Å². The SMILES string of the molecule is CCNC(=NCc1cc(Cl)c2c(c1)OCCO2)NCCc1ccc(Cl)nc1. The number of fused-ring (bicyclic) bond motifs is 1. The van der Waals surface area contributed by atoms with Gasteiger partial charge >= 0.3 is 0 Å². The average molecular weight is 409 g/mol. The molecular formula is C19H22Cl2N4O2. The zero-order chi connectivity index (χ0) is 19.1. The highest BCUT2D eigenvalue weighted by Crippen LogP contribution is 2.38. The highest BCUT2D eigenvalue weighted by molar-refractivity contribution is 6.32. The van der Waals surface area contributed by atoms with Gasteiger partial charge in [-0.15, -0.1) is 0 Å². The first kappa shape index (κ1) is 19.6. The van der Waals surface area contributed by atoms with E-state index in [1.54, 1.807) is 12.3 Å². The number of aliphatic imine (C=N–C) groups is 1. The summed E-state index contributed by atoms with van der Waals surface area (Å²) >= 11 is 12.1. The predicted molar refractivity (Wildman–Crippen MR) is 108 cm³/mol. The van der Waals surface area contributed by atoms with Crippen LogP contribution in [0, 0.1) is 0 Å². The van der Waals surface area contributed by atoms with Gasteiger partial charge in [0, 0.05) is 19.3 Å². The second kappa shape index (κ2) is 9.67. The molecule has 0 spiro atoms. The lowest BCUT2D eigenvalue weighted by Gasteiger charge is -2.20. The lowest BCUT2D eigenvalue weighted by molar-refractivity contribution is 0.171. The zero-order valence-electron chi connectivity index (χ0n) is 15.1. The standard InChI is InChI=1S/C19H22Cl2N4O2/c1-2-22-19(23-6-5-13-3-4-17(21)24-11-13)25-12-14-9-15(20)18-16(10-14)26-7-8-27-18/h3-4,9-11H,2,5-8,12H2,1H3,(H2,22,23,25). The number of rotatable bonds is 6. The van der Waals surface area contributed by atoms with E-state index in [1.807, 2.05) is 25.1 Å². The van der Waals surface area contributed by atoms with Crippen LogP contribution in [0.4, 0.5) is 0 Å². The van der Waals surface area contributed by atoms with E-state index in [2.05, 4.69) is 20.6 Å². The maximum atomic E-state index is 6.29. The summed E-state index contributed by atoms with van der Waals surface area (Å²) in [5.74, 6) is 2.02. The number of nitrogens with zero attached hydrogens (tertiary/aromatic N) is 2. The highest BCUT2D eigenvalue weighted by atomic mass is 35.5. The molecule has 0 fully saturated rings.